The number of nitriles is 1. The quantitative estimate of drug-likeness (QED) is 0.879. The number of nitrogens with two attached hydrogens (primary N) is 1. The highest BCUT2D eigenvalue weighted by Crippen LogP contribution is 2.14. The average Bonchev–Trinajstić information content (AvgIpc) is 2.53. The molecule has 0 radical (unpaired) electrons. The second-order valence-electron chi connectivity index (χ2n) is 4.40. The van der Waals surface area contributed by atoms with E-state index in [1.807, 2.05) is 6.07 Å². The van der Waals surface area contributed by atoms with Crippen molar-refractivity contribution in [3.05, 3.63) is 65.2 Å². The first-order chi connectivity index (χ1) is 10.5. The second kappa shape index (κ2) is 6.45. The van der Waals surface area contributed by atoms with Gasteiger partial charge < -0.3 is 11.1 Å². The predicted octanol–water partition coefficient (Wildman–Crippen LogP) is 1.05. The fourth-order valence-corrected chi connectivity index (χ4v) is 1.77. The number of pyridine rings is 1. The van der Waals surface area contributed by atoms with Crippen molar-refractivity contribution in [2.45, 2.75) is 6.04 Å². The summed E-state index contributed by atoms with van der Waals surface area (Å²) in [5.74, 6) is -1.88. The first-order valence-corrected chi connectivity index (χ1v) is 6.23. The SMILES string of the molecule is N#Cc1ccc(C(=O)N[C@@H](C(N)=O)c2ccc(F)cc2)nc1. The smallest absolute Gasteiger partial charge is 0.270 e. The van der Waals surface area contributed by atoms with Gasteiger partial charge in [-0.3, -0.25) is 9.59 Å². The molecule has 0 saturated carbocycles. The summed E-state index contributed by atoms with van der Waals surface area (Å²) in [5.41, 5.74) is 5.97. The Balaban J connectivity index is 2.20. The number of aromatic nitrogens is 1. The molecular formula is C15H11FN4O2. The molecule has 0 aliphatic carbocycles. The molecule has 6 nitrogen and oxygen atoms in total. The van der Waals surface area contributed by atoms with Crippen molar-refractivity contribution in [2.75, 3.05) is 0 Å². The van der Waals surface area contributed by atoms with Crippen LogP contribution < -0.4 is 11.1 Å². The van der Waals surface area contributed by atoms with Gasteiger partial charge in [-0.2, -0.15) is 5.26 Å². The van der Waals surface area contributed by atoms with Gasteiger partial charge in [-0.05, 0) is 29.8 Å². The zero-order valence-electron chi connectivity index (χ0n) is 11.3. The topological polar surface area (TPSA) is 109 Å². The minimum Gasteiger partial charge on any atom is -0.368 e. The van der Waals surface area contributed by atoms with E-state index in [2.05, 4.69) is 10.3 Å². The number of amides is 2. The monoisotopic (exact) mass is 298 g/mol. The third-order valence-corrected chi connectivity index (χ3v) is 2.89. The fraction of sp³-hybridized carbons (Fsp3) is 0.0667. The lowest BCUT2D eigenvalue weighted by Crippen LogP contribution is -2.37. The van der Waals surface area contributed by atoms with Crippen molar-refractivity contribution < 1.29 is 14.0 Å². The molecule has 110 valence electrons. The Morgan fingerprint density at radius 2 is 1.91 bits per heavy atom. The van der Waals surface area contributed by atoms with Gasteiger partial charge in [0.15, 0.2) is 0 Å². The Morgan fingerprint density at radius 1 is 1.23 bits per heavy atom. The number of hydrogen-bond acceptors (Lipinski definition) is 4. The largest absolute Gasteiger partial charge is 0.368 e. The molecule has 7 heteroatoms. The highest BCUT2D eigenvalue weighted by atomic mass is 19.1. The van der Waals surface area contributed by atoms with Crippen molar-refractivity contribution in [1.29, 1.82) is 5.26 Å². The van der Waals surface area contributed by atoms with Crippen LogP contribution in [0.5, 0.6) is 0 Å². The third-order valence-electron chi connectivity index (χ3n) is 2.89. The molecule has 3 N–H and O–H groups in total. The summed E-state index contributed by atoms with van der Waals surface area (Å²) in [6.07, 6.45) is 1.24. The molecule has 0 saturated heterocycles. The molecule has 0 bridgehead atoms. The van der Waals surface area contributed by atoms with Crippen LogP contribution >= 0.6 is 0 Å². The summed E-state index contributed by atoms with van der Waals surface area (Å²) in [4.78, 5) is 27.4. The van der Waals surface area contributed by atoms with Gasteiger partial charge in [0, 0.05) is 6.20 Å². The number of nitrogens with one attached hydrogen (secondary N) is 1. The molecule has 2 amide bonds. The number of hydrogen-bond donors (Lipinski definition) is 2. The van der Waals surface area contributed by atoms with Gasteiger partial charge in [-0.1, -0.05) is 12.1 Å². The Morgan fingerprint density at radius 3 is 2.41 bits per heavy atom. The van der Waals surface area contributed by atoms with Crippen LogP contribution in [0.1, 0.15) is 27.7 Å². The van der Waals surface area contributed by atoms with E-state index >= 15 is 0 Å². The van der Waals surface area contributed by atoms with Crippen LogP contribution in [0.4, 0.5) is 4.39 Å². The van der Waals surface area contributed by atoms with Gasteiger partial charge in [0.1, 0.15) is 23.6 Å². The van der Waals surface area contributed by atoms with Crippen molar-refractivity contribution in [3.63, 3.8) is 0 Å². The van der Waals surface area contributed by atoms with Crippen molar-refractivity contribution >= 4 is 11.8 Å². The van der Waals surface area contributed by atoms with Crippen LogP contribution in [0.2, 0.25) is 0 Å². The number of rotatable bonds is 4. The Hall–Kier alpha value is -3.27. The molecule has 2 rings (SSSR count). The van der Waals surface area contributed by atoms with Crippen LogP contribution in [0.3, 0.4) is 0 Å². The van der Waals surface area contributed by atoms with E-state index in [1.165, 1.54) is 30.5 Å². The zero-order valence-corrected chi connectivity index (χ0v) is 11.3. The standard InChI is InChI=1S/C15H11FN4O2/c16-11-4-2-10(3-5-11)13(14(18)21)20-15(22)12-6-1-9(7-17)8-19-12/h1-6,8,13H,(H2,18,21)(H,20,22)/t13-/m1/s1. The number of benzene rings is 1. The summed E-state index contributed by atoms with van der Waals surface area (Å²) in [5, 5.41) is 11.1. The summed E-state index contributed by atoms with van der Waals surface area (Å²) in [7, 11) is 0. The highest BCUT2D eigenvalue weighted by Gasteiger charge is 2.21. The molecule has 0 aliphatic heterocycles. The Bertz CT molecular complexity index is 736. The lowest BCUT2D eigenvalue weighted by Gasteiger charge is -2.15. The average molecular weight is 298 g/mol. The van der Waals surface area contributed by atoms with Crippen molar-refractivity contribution in [2.24, 2.45) is 5.73 Å². The number of carbonyl (C=O) groups is 2. The second-order valence-corrected chi connectivity index (χ2v) is 4.40. The van der Waals surface area contributed by atoms with Gasteiger partial charge in [0.25, 0.3) is 5.91 Å². The summed E-state index contributed by atoms with van der Waals surface area (Å²) >= 11 is 0. The number of nitrogens with zero attached hydrogens (tertiary/aromatic N) is 2. The van der Waals surface area contributed by atoms with E-state index < -0.39 is 23.7 Å². The Labute approximate surface area is 125 Å². The summed E-state index contributed by atoms with van der Waals surface area (Å²) in [6.45, 7) is 0. The van der Waals surface area contributed by atoms with Gasteiger partial charge >= 0.3 is 0 Å². The van der Waals surface area contributed by atoms with Crippen LogP contribution in [0.15, 0.2) is 42.6 Å². The lowest BCUT2D eigenvalue weighted by atomic mass is 10.1. The molecule has 0 fully saturated rings. The number of halogens is 1. The van der Waals surface area contributed by atoms with Crippen LogP contribution in [-0.2, 0) is 4.79 Å². The number of primary amides is 1. The maximum Gasteiger partial charge on any atom is 0.270 e. The van der Waals surface area contributed by atoms with E-state index in [4.69, 9.17) is 11.0 Å². The van der Waals surface area contributed by atoms with Gasteiger partial charge in [0.05, 0.1) is 5.56 Å². The molecule has 2 aromatic rings. The van der Waals surface area contributed by atoms with E-state index in [0.717, 1.165) is 12.1 Å². The van der Waals surface area contributed by atoms with Crippen LogP contribution in [0, 0.1) is 17.1 Å². The Kier molecular flexibility index (Phi) is 4.44. The molecule has 0 aliphatic rings. The predicted molar refractivity (Wildman–Crippen MR) is 74.8 cm³/mol. The van der Waals surface area contributed by atoms with Gasteiger partial charge in [0.2, 0.25) is 5.91 Å². The summed E-state index contributed by atoms with van der Waals surface area (Å²) in [6, 6.07) is 8.61. The first kappa shape index (κ1) is 15.1. The van der Waals surface area contributed by atoms with E-state index in [1.54, 1.807) is 0 Å². The van der Waals surface area contributed by atoms with Crippen LogP contribution in [-0.4, -0.2) is 16.8 Å². The molecule has 1 atom stereocenters. The van der Waals surface area contributed by atoms with Gasteiger partial charge in [-0.25, -0.2) is 9.37 Å². The van der Waals surface area contributed by atoms with E-state index in [0.29, 0.717) is 11.1 Å². The van der Waals surface area contributed by atoms with Gasteiger partial charge in [-0.15, -0.1) is 0 Å². The molecule has 1 aromatic carbocycles. The maximum absolute atomic E-state index is 12.9. The molecule has 0 unspecified atom stereocenters. The lowest BCUT2D eigenvalue weighted by molar-refractivity contribution is -0.120. The van der Waals surface area contributed by atoms with E-state index in [9.17, 15) is 14.0 Å². The normalized spacial score (nSPS) is 11.3. The maximum atomic E-state index is 12.9. The minimum absolute atomic E-state index is 0.0346. The molecule has 1 aromatic heterocycles. The molecule has 1 heterocycles. The molecular weight excluding hydrogens is 287 g/mol. The third kappa shape index (κ3) is 3.43. The molecule has 0 spiro atoms. The van der Waals surface area contributed by atoms with E-state index in [-0.39, 0.29) is 5.69 Å². The fourth-order valence-electron chi connectivity index (χ4n) is 1.77. The highest BCUT2D eigenvalue weighted by molar-refractivity contribution is 5.96. The minimum atomic E-state index is -1.11. The molecule has 22 heavy (non-hydrogen) atoms. The first-order valence-electron chi connectivity index (χ1n) is 6.23. The zero-order chi connectivity index (χ0) is 16.1. The van der Waals surface area contributed by atoms with Crippen LogP contribution in [0.25, 0.3) is 0 Å². The van der Waals surface area contributed by atoms with Crippen molar-refractivity contribution in [3.8, 4) is 6.07 Å². The van der Waals surface area contributed by atoms with Crippen molar-refractivity contribution in [1.82, 2.24) is 10.3 Å². The summed E-state index contributed by atoms with van der Waals surface area (Å²) < 4.78 is 12.9. The number of carbonyl (C=O) groups excluding carboxylic acids is 2.